The van der Waals surface area contributed by atoms with E-state index in [1.807, 2.05) is 4.90 Å². The summed E-state index contributed by atoms with van der Waals surface area (Å²) < 4.78 is 35.5. The van der Waals surface area contributed by atoms with Crippen molar-refractivity contribution in [2.75, 3.05) is 44.2 Å². The van der Waals surface area contributed by atoms with Gasteiger partial charge in [0.25, 0.3) is 0 Å². The summed E-state index contributed by atoms with van der Waals surface area (Å²) in [5.41, 5.74) is 1.99. The summed E-state index contributed by atoms with van der Waals surface area (Å²) >= 11 is 0. The van der Waals surface area contributed by atoms with Crippen molar-refractivity contribution in [3.63, 3.8) is 0 Å². The van der Waals surface area contributed by atoms with Gasteiger partial charge in [-0.3, -0.25) is 9.58 Å². The van der Waals surface area contributed by atoms with Crippen LogP contribution in [0.2, 0.25) is 0 Å². The molecule has 4 heterocycles. The number of aliphatic hydroxyl groups is 1. The van der Waals surface area contributed by atoms with Crippen LogP contribution in [0.5, 0.6) is 0 Å². The molecule has 0 bridgehead atoms. The standard InChI is InChI=1S/C23H23F2N7O2/c24-17-4-2-1-3-16(17)15-32-21(19-5-12-34-29-19)13-20(28-32)22-26-14-18(25)23(27-22)31-8-6-30(7-9-31)10-11-33/h1-5,12-14,33H,6-11,15H2. The summed E-state index contributed by atoms with van der Waals surface area (Å²) in [7, 11) is 0. The molecule has 5 rings (SSSR count). The van der Waals surface area contributed by atoms with Gasteiger partial charge in [-0.25, -0.2) is 18.7 Å². The van der Waals surface area contributed by atoms with E-state index in [0.717, 1.165) is 6.20 Å². The maximum absolute atomic E-state index is 14.6. The first-order valence-corrected chi connectivity index (χ1v) is 11.0. The van der Waals surface area contributed by atoms with Crippen molar-refractivity contribution >= 4 is 5.82 Å². The van der Waals surface area contributed by atoms with Crippen LogP contribution in [-0.2, 0) is 6.54 Å². The lowest BCUT2D eigenvalue weighted by molar-refractivity contribution is 0.188. The number of aliphatic hydroxyl groups excluding tert-OH is 1. The number of rotatable bonds is 7. The Morgan fingerprint density at radius 2 is 1.82 bits per heavy atom. The Bertz CT molecular complexity index is 1250. The first kappa shape index (κ1) is 22.1. The average molecular weight is 467 g/mol. The third-order valence-corrected chi connectivity index (χ3v) is 5.80. The lowest BCUT2D eigenvalue weighted by atomic mass is 10.2. The number of piperazine rings is 1. The second-order valence-electron chi connectivity index (χ2n) is 7.97. The van der Waals surface area contributed by atoms with Crippen molar-refractivity contribution < 1.29 is 18.4 Å². The van der Waals surface area contributed by atoms with E-state index >= 15 is 0 Å². The molecule has 0 amide bonds. The predicted molar refractivity (Wildman–Crippen MR) is 120 cm³/mol. The highest BCUT2D eigenvalue weighted by Crippen LogP contribution is 2.27. The van der Waals surface area contributed by atoms with E-state index in [-0.39, 0.29) is 30.6 Å². The zero-order valence-electron chi connectivity index (χ0n) is 18.3. The highest BCUT2D eigenvalue weighted by atomic mass is 19.1. The highest BCUT2D eigenvalue weighted by molar-refractivity contribution is 5.63. The zero-order valence-corrected chi connectivity index (χ0v) is 18.3. The van der Waals surface area contributed by atoms with Gasteiger partial charge < -0.3 is 14.5 Å². The molecule has 0 aliphatic carbocycles. The third kappa shape index (κ3) is 4.52. The molecular weight excluding hydrogens is 444 g/mol. The Kier molecular flexibility index (Phi) is 6.28. The summed E-state index contributed by atoms with van der Waals surface area (Å²) in [5, 5.41) is 17.7. The molecule has 0 unspecified atom stereocenters. The molecule has 1 aliphatic heterocycles. The van der Waals surface area contributed by atoms with Gasteiger partial charge in [-0.15, -0.1) is 0 Å². The van der Waals surface area contributed by atoms with Crippen LogP contribution in [0.3, 0.4) is 0 Å². The summed E-state index contributed by atoms with van der Waals surface area (Å²) in [6.07, 6.45) is 2.59. The SMILES string of the molecule is OCCN1CCN(c2nc(-c3cc(-c4ccon4)n(Cc4ccccc4F)n3)ncc2F)CC1. The molecule has 4 aromatic rings. The number of nitrogens with zero attached hydrogens (tertiary/aromatic N) is 7. The van der Waals surface area contributed by atoms with Crippen LogP contribution >= 0.6 is 0 Å². The Labute approximate surface area is 194 Å². The van der Waals surface area contributed by atoms with Crippen LogP contribution in [0.1, 0.15) is 5.56 Å². The minimum atomic E-state index is -0.512. The van der Waals surface area contributed by atoms with Crippen molar-refractivity contribution in [3.8, 4) is 22.9 Å². The van der Waals surface area contributed by atoms with Gasteiger partial charge in [0.05, 0.1) is 25.0 Å². The molecule has 9 nitrogen and oxygen atoms in total. The van der Waals surface area contributed by atoms with Gasteiger partial charge in [-0.05, 0) is 12.1 Å². The van der Waals surface area contributed by atoms with Gasteiger partial charge in [0, 0.05) is 44.4 Å². The molecule has 11 heteroatoms. The molecule has 0 atom stereocenters. The fourth-order valence-corrected chi connectivity index (χ4v) is 4.01. The fourth-order valence-electron chi connectivity index (χ4n) is 4.01. The van der Waals surface area contributed by atoms with E-state index in [9.17, 15) is 8.78 Å². The highest BCUT2D eigenvalue weighted by Gasteiger charge is 2.23. The smallest absolute Gasteiger partial charge is 0.183 e. The molecule has 1 aliphatic rings. The average Bonchev–Trinajstić information content (AvgIpc) is 3.52. The van der Waals surface area contributed by atoms with E-state index in [4.69, 9.17) is 9.63 Å². The van der Waals surface area contributed by atoms with Crippen LogP contribution in [0.15, 0.2) is 53.4 Å². The molecule has 1 fully saturated rings. The van der Waals surface area contributed by atoms with Gasteiger partial charge in [-0.1, -0.05) is 23.4 Å². The Hall–Kier alpha value is -3.70. The predicted octanol–water partition coefficient (Wildman–Crippen LogP) is 2.44. The molecular formula is C23H23F2N7O2. The van der Waals surface area contributed by atoms with E-state index < -0.39 is 5.82 Å². The third-order valence-electron chi connectivity index (χ3n) is 5.80. The van der Waals surface area contributed by atoms with Crippen molar-refractivity contribution in [3.05, 3.63) is 66.1 Å². The molecule has 0 spiro atoms. The second kappa shape index (κ2) is 9.65. The van der Waals surface area contributed by atoms with E-state index in [2.05, 4.69) is 25.1 Å². The van der Waals surface area contributed by atoms with E-state index in [1.165, 1.54) is 12.3 Å². The normalized spacial score (nSPS) is 14.6. The summed E-state index contributed by atoms with van der Waals surface area (Å²) in [6, 6.07) is 9.88. The molecule has 1 aromatic carbocycles. The Morgan fingerprint density at radius 3 is 2.56 bits per heavy atom. The summed E-state index contributed by atoms with van der Waals surface area (Å²) in [4.78, 5) is 12.6. The number of hydrogen-bond acceptors (Lipinski definition) is 8. The van der Waals surface area contributed by atoms with Crippen LogP contribution < -0.4 is 4.90 Å². The molecule has 0 saturated carbocycles. The lowest BCUT2D eigenvalue weighted by Crippen LogP contribution is -2.47. The first-order chi connectivity index (χ1) is 16.6. The zero-order chi connectivity index (χ0) is 23.5. The molecule has 176 valence electrons. The molecule has 1 saturated heterocycles. The van der Waals surface area contributed by atoms with Gasteiger partial charge in [0.2, 0.25) is 0 Å². The Morgan fingerprint density at radius 1 is 1.00 bits per heavy atom. The number of β-amino-alcohol motifs (C(OH)–C–C–N with tert-alkyl or cyclic N) is 1. The van der Waals surface area contributed by atoms with Gasteiger partial charge in [0.1, 0.15) is 23.5 Å². The van der Waals surface area contributed by atoms with Gasteiger partial charge >= 0.3 is 0 Å². The molecule has 0 radical (unpaired) electrons. The lowest BCUT2D eigenvalue weighted by Gasteiger charge is -2.35. The number of halogens is 2. The minimum Gasteiger partial charge on any atom is -0.395 e. The molecule has 3 aromatic heterocycles. The van der Waals surface area contributed by atoms with Gasteiger partial charge in [-0.2, -0.15) is 5.10 Å². The number of benzene rings is 1. The van der Waals surface area contributed by atoms with E-state index in [0.29, 0.717) is 55.4 Å². The van der Waals surface area contributed by atoms with Crippen molar-refractivity contribution in [2.24, 2.45) is 0 Å². The van der Waals surface area contributed by atoms with Crippen molar-refractivity contribution in [1.29, 1.82) is 0 Å². The summed E-state index contributed by atoms with van der Waals surface area (Å²) in [6.45, 7) is 3.42. The van der Waals surface area contributed by atoms with Gasteiger partial charge in [0.15, 0.2) is 17.5 Å². The minimum absolute atomic E-state index is 0.0927. The van der Waals surface area contributed by atoms with Crippen LogP contribution in [0.25, 0.3) is 22.9 Å². The van der Waals surface area contributed by atoms with E-state index in [1.54, 1.807) is 35.0 Å². The van der Waals surface area contributed by atoms with Crippen LogP contribution in [0.4, 0.5) is 14.6 Å². The number of anilines is 1. The summed E-state index contributed by atoms with van der Waals surface area (Å²) in [5.74, 6) is -0.389. The van der Waals surface area contributed by atoms with Crippen molar-refractivity contribution in [1.82, 2.24) is 29.8 Å². The second-order valence-corrected chi connectivity index (χ2v) is 7.97. The fraction of sp³-hybridized carbons (Fsp3) is 0.304. The first-order valence-electron chi connectivity index (χ1n) is 11.0. The maximum Gasteiger partial charge on any atom is 0.183 e. The largest absolute Gasteiger partial charge is 0.395 e. The maximum atomic E-state index is 14.6. The molecule has 1 N–H and O–H groups in total. The Balaban J connectivity index is 1.47. The number of hydrogen-bond donors (Lipinski definition) is 1. The number of aromatic nitrogens is 5. The van der Waals surface area contributed by atoms with Crippen molar-refractivity contribution in [2.45, 2.75) is 6.54 Å². The topological polar surface area (TPSA) is 96.3 Å². The van der Waals surface area contributed by atoms with Crippen LogP contribution in [-0.4, -0.2) is 74.2 Å². The monoisotopic (exact) mass is 467 g/mol. The van der Waals surface area contributed by atoms with Crippen LogP contribution in [0, 0.1) is 11.6 Å². The quantitative estimate of drug-likeness (QED) is 0.443. The molecule has 34 heavy (non-hydrogen) atoms.